The van der Waals surface area contributed by atoms with Gasteiger partial charge >= 0.3 is 6.18 Å². The van der Waals surface area contributed by atoms with E-state index in [0.717, 1.165) is 6.07 Å². The van der Waals surface area contributed by atoms with Crippen LogP contribution in [0.15, 0.2) is 24.3 Å². The minimum Gasteiger partial charge on any atom is -0.396 e. The standard InChI is InChI=1S/C12H14F3NO/c13-12(14,15)9-4-2-1-3-8(9)10-5-11(10,6-16)7-17/h1-4,10,17H,5-7,16H2/t10-,11-/m0/s1. The molecule has 1 saturated carbocycles. The van der Waals surface area contributed by atoms with Crippen molar-refractivity contribution in [2.75, 3.05) is 13.2 Å². The van der Waals surface area contributed by atoms with Crippen molar-refractivity contribution >= 4 is 0 Å². The van der Waals surface area contributed by atoms with Crippen molar-refractivity contribution in [3.8, 4) is 0 Å². The predicted octanol–water partition coefficient (Wildman–Crippen LogP) is 2.13. The van der Waals surface area contributed by atoms with E-state index in [1.807, 2.05) is 0 Å². The molecule has 3 N–H and O–H groups in total. The molecule has 0 bridgehead atoms. The third-order valence-corrected chi connectivity index (χ3v) is 3.55. The van der Waals surface area contributed by atoms with Crippen LogP contribution in [0.5, 0.6) is 0 Å². The Morgan fingerprint density at radius 1 is 1.35 bits per heavy atom. The van der Waals surface area contributed by atoms with Crippen molar-refractivity contribution in [3.63, 3.8) is 0 Å². The molecule has 94 valence electrons. The molecule has 0 saturated heterocycles. The lowest BCUT2D eigenvalue weighted by Gasteiger charge is -2.16. The van der Waals surface area contributed by atoms with Gasteiger partial charge in [-0.25, -0.2) is 0 Å². The normalized spacial score (nSPS) is 28.2. The van der Waals surface area contributed by atoms with E-state index < -0.39 is 17.2 Å². The summed E-state index contributed by atoms with van der Waals surface area (Å²) in [5, 5.41) is 9.22. The van der Waals surface area contributed by atoms with E-state index in [2.05, 4.69) is 0 Å². The van der Waals surface area contributed by atoms with Gasteiger partial charge in [-0.2, -0.15) is 13.2 Å². The number of benzene rings is 1. The van der Waals surface area contributed by atoms with E-state index in [1.54, 1.807) is 6.07 Å². The topological polar surface area (TPSA) is 46.2 Å². The van der Waals surface area contributed by atoms with Crippen LogP contribution in [0, 0.1) is 5.41 Å². The van der Waals surface area contributed by atoms with Gasteiger partial charge in [0, 0.05) is 12.0 Å². The van der Waals surface area contributed by atoms with Crippen LogP contribution in [0.4, 0.5) is 13.2 Å². The Morgan fingerprint density at radius 3 is 2.47 bits per heavy atom. The maximum Gasteiger partial charge on any atom is 0.416 e. The van der Waals surface area contributed by atoms with Crippen molar-refractivity contribution in [2.24, 2.45) is 11.1 Å². The van der Waals surface area contributed by atoms with Gasteiger partial charge in [0.1, 0.15) is 0 Å². The monoisotopic (exact) mass is 245 g/mol. The Hall–Kier alpha value is -1.07. The Labute approximate surface area is 97.2 Å². The van der Waals surface area contributed by atoms with Gasteiger partial charge in [0.25, 0.3) is 0 Å². The quantitative estimate of drug-likeness (QED) is 0.857. The summed E-state index contributed by atoms with van der Waals surface area (Å²) in [7, 11) is 0. The number of nitrogens with two attached hydrogens (primary N) is 1. The summed E-state index contributed by atoms with van der Waals surface area (Å²) in [6.45, 7) is 0.0424. The molecular formula is C12H14F3NO. The molecule has 2 nitrogen and oxygen atoms in total. The maximum absolute atomic E-state index is 12.8. The molecule has 0 radical (unpaired) electrons. The molecule has 0 amide bonds. The van der Waals surface area contributed by atoms with E-state index in [0.29, 0.717) is 6.42 Å². The fourth-order valence-electron chi connectivity index (χ4n) is 2.31. The van der Waals surface area contributed by atoms with Crippen molar-refractivity contribution < 1.29 is 18.3 Å². The lowest BCUT2D eigenvalue weighted by molar-refractivity contribution is -0.138. The Bertz CT molecular complexity index is 412. The van der Waals surface area contributed by atoms with Gasteiger partial charge in [-0.3, -0.25) is 0 Å². The lowest BCUT2D eigenvalue weighted by atomic mass is 9.96. The highest BCUT2D eigenvalue weighted by molar-refractivity contribution is 5.39. The molecule has 0 aromatic heterocycles. The van der Waals surface area contributed by atoms with Gasteiger partial charge in [0.15, 0.2) is 0 Å². The fraction of sp³-hybridized carbons (Fsp3) is 0.500. The van der Waals surface area contributed by atoms with Gasteiger partial charge in [-0.1, -0.05) is 18.2 Å². The second-order valence-corrected chi connectivity index (χ2v) is 4.57. The zero-order valence-electron chi connectivity index (χ0n) is 9.17. The van der Waals surface area contributed by atoms with E-state index in [9.17, 15) is 18.3 Å². The molecule has 1 fully saturated rings. The zero-order chi connectivity index (χ0) is 12.7. The van der Waals surface area contributed by atoms with Gasteiger partial charge in [-0.15, -0.1) is 0 Å². The summed E-state index contributed by atoms with van der Waals surface area (Å²) in [6.07, 6.45) is -3.83. The highest BCUT2D eigenvalue weighted by Crippen LogP contribution is 2.59. The molecular weight excluding hydrogens is 231 g/mol. The van der Waals surface area contributed by atoms with Crippen molar-refractivity contribution in [2.45, 2.75) is 18.5 Å². The van der Waals surface area contributed by atoms with Crippen LogP contribution in [0.25, 0.3) is 0 Å². The molecule has 1 aromatic carbocycles. The molecule has 5 heteroatoms. The molecule has 1 aromatic rings. The Balaban J connectivity index is 2.36. The van der Waals surface area contributed by atoms with Crippen LogP contribution in [-0.4, -0.2) is 18.3 Å². The number of halogens is 3. The third kappa shape index (κ3) is 2.05. The molecule has 0 heterocycles. The third-order valence-electron chi connectivity index (χ3n) is 3.55. The highest BCUT2D eigenvalue weighted by atomic mass is 19.4. The van der Waals surface area contributed by atoms with Crippen LogP contribution < -0.4 is 5.73 Å². The molecule has 0 aliphatic heterocycles. The first-order valence-corrected chi connectivity index (χ1v) is 5.42. The number of alkyl halides is 3. The van der Waals surface area contributed by atoms with Crippen LogP contribution in [-0.2, 0) is 6.18 Å². The average molecular weight is 245 g/mol. The van der Waals surface area contributed by atoms with Crippen molar-refractivity contribution in [1.82, 2.24) is 0 Å². The zero-order valence-corrected chi connectivity index (χ0v) is 9.17. The minimum absolute atomic E-state index is 0.166. The van der Waals surface area contributed by atoms with Crippen LogP contribution in [0.2, 0.25) is 0 Å². The summed E-state index contributed by atoms with van der Waals surface area (Å²) in [5.41, 5.74) is 4.60. The smallest absolute Gasteiger partial charge is 0.396 e. The first-order valence-electron chi connectivity index (χ1n) is 5.42. The predicted molar refractivity (Wildman–Crippen MR) is 57.4 cm³/mol. The maximum atomic E-state index is 12.8. The van der Waals surface area contributed by atoms with Crippen LogP contribution >= 0.6 is 0 Å². The Kier molecular flexibility index (Phi) is 2.91. The molecule has 17 heavy (non-hydrogen) atoms. The van der Waals surface area contributed by atoms with Crippen molar-refractivity contribution in [3.05, 3.63) is 35.4 Å². The fourth-order valence-corrected chi connectivity index (χ4v) is 2.31. The number of rotatable bonds is 3. The molecule has 0 unspecified atom stereocenters. The first kappa shape index (κ1) is 12.4. The minimum atomic E-state index is -4.35. The second-order valence-electron chi connectivity index (χ2n) is 4.57. The first-order chi connectivity index (χ1) is 7.94. The van der Waals surface area contributed by atoms with Crippen LogP contribution in [0.3, 0.4) is 0 Å². The van der Waals surface area contributed by atoms with Gasteiger partial charge in [0.05, 0.1) is 12.2 Å². The summed E-state index contributed by atoms with van der Waals surface area (Å²) in [5.74, 6) is -0.282. The lowest BCUT2D eigenvalue weighted by Crippen LogP contribution is -2.22. The van der Waals surface area contributed by atoms with E-state index in [4.69, 9.17) is 5.73 Å². The SMILES string of the molecule is NC[C@]1(CO)C[C@H]1c1ccccc1C(F)(F)F. The number of aliphatic hydroxyl groups excluding tert-OH is 1. The molecule has 1 aliphatic carbocycles. The van der Waals surface area contributed by atoms with Gasteiger partial charge in [-0.05, 0) is 24.0 Å². The summed E-state index contributed by atoms with van der Waals surface area (Å²) in [4.78, 5) is 0. The molecule has 0 spiro atoms. The summed E-state index contributed by atoms with van der Waals surface area (Å²) in [6, 6.07) is 5.51. The van der Waals surface area contributed by atoms with Gasteiger partial charge in [0.2, 0.25) is 0 Å². The summed E-state index contributed by atoms with van der Waals surface area (Å²) >= 11 is 0. The van der Waals surface area contributed by atoms with Crippen molar-refractivity contribution in [1.29, 1.82) is 0 Å². The largest absolute Gasteiger partial charge is 0.416 e. The highest BCUT2D eigenvalue weighted by Gasteiger charge is 2.55. The second kappa shape index (κ2) is 3.99. The van der Waals surface area contributed by atoms with E-state index in [-0.39, 0.29) is 24.6 Å². The summed E-state index contributed by atoms with van der Waals surface area (Å²) < 4.78 is 38.4. The number of hydrogen-bond donors (Lipinski definition) is 2. The van der Waals surface area contributed by atoms with Crippen LogP contribution in [0.1, 0.15) is 23.5 Å². The molecule has 1 aliphatic rings. The average Bonchev–Trinajstić information content (AvgIpc) is 3.03. The Morgan fingerprint density at radius 2 is 2.00 bits per heavy atom. The van der Waals surface area contributed by atoms with E-state index in [1.165, 1.54) is 12.1 Å². The molecule has 2 rings (SSSR count). The van der Waals surface area contributed by atoms with Gasteiger partial charge < -0.3 is 10.8 Å². The number of hydrogen-bond acceptors (Lipinski definition) is 2. The molecule has 2 atom stereocenters. The van der Waals surface area contributed by atoms with E-state index >= 15 is 0 Å². The number of aliphatic hydroxyl groups is 1.